The van der Waals surface area contributed by atoms with E-state index in [1.54, 1.807) is 4.90 Å². The number of nitrogens with zero attached hydrogens (tertiary/aromatic N) is 5. The average molecular weight is 301 g/mol. The van der Waals surface area contributed by atoms with Gasteiger partial charge >= 0.3 is 0 Å². The number of fused-ring (bicyclic) bond motifs is 1. The minimum absolute atomic E-state index is 0.141. The molecule has 7 heteroatoms. The first-order valence-corrected chi connectivity index (χ1v) is 7.63. The summed E-state index contributed by atoms with van der Waals surface area (Å²) in [6.45, 7) is 5.16. The second-order valence-corrected chi connectivity index (χ2v) is 5.42. The molecule has 3 aromatic rings. The Morgan fingerprint density at radius 1 is 1.19 bits per heavy atom. The summed E-state index contributed by atoms with van der Waals surface area (Å²) in [5.41, 5.74) is 1.01. The maximum absolute atomic E-state index is 12.4. The van der Waals surface area contributed by atoms with E-state index < -0.39 is 0 Å². The first kappa shape index (κ1) is 13.7. The van der Waals surface area contributed by atoms with Crippen LogP contribution in [0.15, 0.2) is 30.3 Å². The number of rotatable bonds is 4. The molecule has 0 saturated heterocycles. The van der Waals surface area contributed by atoms with Crippen LogP contribution in [-0.2, 0) is 0 Å². The van der Waals surface area contributed by atoms with E-state index in [0.717, 1.165) is 10.6 Å². The molecule has 2 aromatic heterocycles. The minimum Gasteiger partial charge on any atom is -0.336 e. The van der Waals surface area contributed by atoms with Crippen LogP contribution < -0.4 is 0 Å². The summed E-state index contributed by atoms with van der Waals surface area (Å²) in [5.74, 6) is 0.129. The molecular weight excluding hydrogens is 286 g/mol. The lowest BCUT2D eigenvalue weighted by atomic mass is 10.2. The van der Waals surface area contributed by atoms with Gasteiger partial charge in [-0.1, -0.05) is 41.7 Å². The summed E-state index contributed by atoms with van der Waals surface area (Å²) < 4.78 is 1.54. The van der Waals surface area contributed by atoms with E-state index in [1.165, 1.54) is 15.9 Å². The zero-order valence-corrected chi connectivity index (χ0v) is 12.7. The number of carbonyl (C=O) groups is 1. The molecule has 0 saturated carbocycles. The molecular formula is C14H15N5OS. The Hall–Kier alpha value is -2.28. The fourth-order valence-electron chi connectivity index (χ4n) is 2.10. The molecule has 0 aliphatic rings. The highest BCUT2D eigenvalue weighted by Crippen LogP contribution is 2.25. The van der Waals surface area contributed by atoms with Crippen LogP contribution in [0.2, 0.25) is 0 Å². The molecule has 3 rings (SSSR count). The number of carbonyl (C=O) groups excluding carboxylic acids is 1. The lowest BCUT2D eigenvalue weighted by molar-refractivity contribution is 0.0758. The molecule has 0 aliphatic heterocycles. The molecule has 0 radical (unpaired) electrons. The standard InChI is InChI=1S/C14H15N5OS/c1-3-18(4-2)13(20)11-15-16-14-19(11)17-12(21-14)10-8-6-5-7-9-10/h5-9H,3-4H2,1-2H3. The predicted molar refractivity (Wildman–Crippen MR) is 81.3 cm³/mol. The van der Waals surface area contributed by atoms with Gasteiger partial charge in [0.1, 0.15) is 5.01 Å². The lowest BCUT2D eigenvalue weighted by Crippen LogP contribution is -2.32. The van der Waals surface area contributed by atoms with Crippen molar-refractivity contribution in [3.8, 4) is 10.6 Å². The van der Waals surface area contributed by atoms with Gasteiger partial charge in [0.25, 0.3) is 5.91 Å². The molecule has 0 bridgehead atoms. The topological polar surface area (TPSA) is 63.4 Å². The van der Waals surface area contributed by atoms with Crippen molar-refractivity contribution >= 4 is 22.2 Å². The van der Waals surface area contributed by atoms with Crippen LogP contribution in [0.1, 0.15) is 24.5 Å². The predicted octanol–water partition coefficient (Wildman–Crippen LogP) is 2.33. The van der Waals surface area contributed by atoms with Crippen molar-refractivity contribution in [2.45, 2.75) is 13.8 Å². The highest BCUT2D eigenvalue weighted by molar-refractivity contribution is 7.19. The zero-order chi connectivity index (χ0) is 14.8. The summed E-state index contributed by atoms with van der Waals surface area (Å²) in [6, 6.07) is 9.84. The molecule has 0 fully saturated rings. The van der Waals surface area contributed by atoms with Gasteiger partial charge in [0.2, 0.25) is 10.8 Å². The van der Waals surface area contributed by atoms with E-state index in [9.17, 15) is 4.79 Å². The Morgan fingerprint density at radius 2 is 1.90 bits per heavy atom. The summed E-state index contributed by atoms with van der Waals surface area (Å²) in [6.07, 6.45) is 0. The number of amides is 1. The van der Waals surface area contributed by atoms with E-state index >= 15 is 0 Å². The minimum atomic E-state index is -0.141. The van der Waals surface area contributed by atoms with Crippen LogP contribution in [0.5, 0.6) is 0 Å². The van der Waals surface area contributed by atoms with Crippen molar-refractivity contribution in [1.29, 1.82) is 0 Å². The Balaban J connectivity index is 2.03. The third-order valence-electron chi connectivity index (χ3n) is 3.25. The molecule has 0 atom stereocenters. The van der Waals surface area contributed by atoms with Gasteiger partial charge in [-0.25, -0.2) is 0 Å². The van der Waals surface area contributed by atoms with Crippen molar-refractivity contribution in [1.82, 2.24) is 24.7 Å². The Bertz CT molecular complexity index is 760. The summed E-state index contributed by atoms with van der Waals surface area (Å²) in [7, 11) is 0. The third kappa shape index (κ3) is 2.40. The number of benzene rings is 1. The highest BCUT2D eigenvalue weighted by atomic mass is 32.1. The number of hydrogen-bond acceptors (Lipinski definition) is 5. The fourth-order valence-corrected chi connectivity index (χ4v) is 2.94. The normalized spacial score (nSPS) is 11.0. The van der Waals surface area contributed by atoms with Crippen LogP contribution in [0.3, 0.4) is 0 Å². The van der Waals surface area contributed by atoms with Crippen LogP contribution in [0.4, 0.5) is 0 Å². The van der Waals surface area contributed by atoms with Crippen molar-refractivity contribution in [2.24, 2.45) is 0 Å². The zero-order valence-electron chi connectivity index (χ0n) is 11.9. The molecule has 1 amide bonds. The van der Waals surface area contributed by atoms with Crippen molar-refractivity contribution in [3.05, 3.63) is 36.2 Å². The largest absolute Gasteiger partial charge is 0.336 e. The van der Waals surface area contributed by atoms with E-state index in [1.807, 2.05) is 44.2 Å². The van der Waals surface area contributed by atoms with Crippen LogP contribution in [0.25, 0.3) is 15.5 Å². The Labute approximate surface area is 126 Å². The van der Waals surface area contributed by atoms with Gasteiger partial charge in [0, 0.05) is 18.7 Å². The Kier molecular flexibility index (Phi) is 3.66. The highest BCUT2D eigenvalue weighted by Gasteiger charge is 2.22. The van der Waals surface area contributed by atoms with E-state index in [0.29, 0.717) is 18.1 Å². The van der Waals surface area contributed by atoms with Crippen LogP contribution >= 0.6 is 11.3 Å². The molecule has 0 spiro atoms. The second kappa shape index (κ2) is 5.61. The van der Waals surface area contributed by atoms with Gasteiger partial charge in [0.05, 0.1) is 0 Å². The van der Waals surface area contributed by atoms with Gasteiger partial charge in [0.15, 0.2) is 0 Å². The van der Waals surface area contributed by atoms with E-state index in [-0.39, 0.29) is 11.7 Å². The van der Waals surface area contributed by atoms with Crippen molar-refractivity contribution < 1.29 is 4.79 Å². The fraction of sp³-hybridized carbons (Fsp3) is 0.286. The van der Waals surface area contributed by atoms with E-state index in [2.05, 4.69) is 15.3 Å². The first-order chi connectivity index (χ1) is 10.2. The van der Waals surface area contributed by atoms with Crippen LogP contribution in [0, 0.1) is 0 Å². The quantitative estimate of drug-likeness (QED) is 0.742. The maximum atomic E-state index is 12.4. The first-order valence-electron chi connectivity index (χ1n) is 6.81. The third-order valence-corrected chi connectivity index (χ3v) is 4.20. The van der Waals surface area contributed by atoms with Gasteiger partial charge in [-0.2, -0.15) is 9.61 Å². The molecule has 21 heavy (non-hydrogen) atoms. The summed E-state index contributed by atoms with van der Waals surface area (Å²) in [4.78, 5) is 14.7. The second-order valence-electron chi connectivity index (χ2n) is 4.47. The molecule has 0 unspecified atom stereocenters. The van der Waals surface area contributed by atoms with E-state index in [4.69, 9.17) is 0 Å². The molecule has 0 aliphatic carbocycles. The molecule has 6 nitrogen and oxygen atoms in total. The van der Waals surface area contributed by atoms with Gasteiger partial charge in [-0.05, 0) is 13.8 Å². The smallest absolute Gasteiger partial charge is 0.293 e. The Morgan fingerprint density at radius 3 is 2.57 bits per heavy atom. The molecule has 0 N–H and O–H groups in total. The van der Waals surface area contributed by atoms with Crippen LogP contribution in [-0.4, -0.2) is 43.7 Å². The number of aromatic nitrogens is 4. The average Bonchev–Trinajstić information content (AvgIpc) is 3.09. The SMILES string of the molecule is CCN(CC)C(=O)c1nnc2sc(-c3ccccc3)nn12. The van der Waals surface area contributed by atoms with Crippen molar-refractivity contribution in [3.63, 3.8) is 0 Å². The molecule has 2 heterocycles. The van der Waals surface area contributed by atoms with Gasteiger partial charge < -0.3 is 4.90 Å². The summed E-state index contributed by atoms with van der Waals surface area (Å²) in [5, 5.41) is 13.3. The van der Waals surface area contributed by atoms with Gasteiger partial charge in [-0.15, -0.1) is 10.2 Å². The number of hydrogen-bond donors (Lipinski definition) is 0. The van der Waals surface area contributed by atoms with Gasteiger partial charge in [-0.3, -0.25) is 4.79 Å². The summed E-state index contributed by atoms with van der Waals surface area (Å²) >= 11 is 1.42. The monoisotopic (exact) mass is 301 g/mol. The molecule has 108 valence electrons. The molecule has 1 aromatic carbocycles. The maximum Gasteiger partial charge on any atom is 0.293 e. The van der Waals surface area contributed by atoms with Crippen molar-refractivity contribution in [2.75, 3.05) is 13.1 Å². The lowest BCUT2D eigenvalue weighted by Gasteiger charge is -2.16.